The molecule has 1 heterocycles. The van der Waals surface area contributed by atoms with Gasteiger partial charge in [-0.25, -0.2) is 0 Å². The molecule has 0 aromatic carbocycles. The molecule has 0 aliphatic carbocycles. The summed E-state index contributed by atoms with van der Waals surface area (Å²) in [6.07, 6.45) is 3.03. The Labute approximate surface area is 95.8 Å². The number of hydrogen-bond acceptors (Lipinski definition) is 4. The molecule has 2 N–H and O–H groups in total. The van der Waals surface area contributed by atoms with Gasteiger partial charge in [-0.3, -0.25) is 4.98 Å². The molecule has 0 saturated carbocycles. The lowest BCUT2D eigenvalue weighted by Gasteiger charge is -2.20. The fraction of sp³-hybridized carbons (Fsp3) is 0.444. The third-order valence-electron chi connectivity index (χ3n) is 1.93. The third-order valence-corrected chi connectivity index (χ3v) is 2.65. The zero-order valence-electron chi connectivity index (χ0n) is 8.66. The van der Waals surface area contributed by atoms with Gasteiger partial charge in [0.25, 0.3) is 0 Å². The standard InChI is InChI=1S/C9H12F3N3S/c1-15(4-5-16-9(10,11)12)8-2-3-14-6-7(8)13/h2-3,6H,4-5,13H2,1H3. The van der Waals surface area contributed by atoms with Gasteiger partial charge in [-0.1, -0.05) is 0 Å². The Morgan fingerprint density at radius 3 is 2.75 bits per heavy atom. The summed E-state index contributed by atoms with van der Waals surface area (Å²) < 4.78 is 35.7. The molecule has 16 heavy (non-hydrogen) atoms. The number of rotatable bonds is 4. The van der Waals surface area contributed by atoms with Crippen LogP contribution in [-0.4, -0.2) is 29.8 Å². The van der Waals surface area contributed by atoms with Crippen LogP contribution >= 0.6 is 11.8 Å². The lowest BCUT2D eigenvalue weighted by atomic mass is 10.3. The van der Waals surface area contributed by atoms with Crippen LogP contribution in [0.5, 0.6) is 0 Å². The molecule has 0 amide bonds. The molecule has 0 bridgehead atoms. The minimum Gasteiger partial charge on any atom is -0.396 e. The van der Waals surface area contributed by atoms with E-state index in [1.54, 1.807) is 24.2 Å². The number of thioether (sulfide) groups is 1. The highest BCUT2D eigenvalue weighted by molar-refractivity contribution is 8.00. The Morgan fingerprint density at radius 1 is 1.50 bits per heavy atom. The van der Waals surface area contributed by atoms with Crippen LogP contribution in [0.4, 0.5) is 24.5 Å². The van der Waals surface area contributed by atoms with Crippen molar-refractivity contribution in [1.82, 2.24) is 4.98 Å². The van der Waals surface area contributed by atoms with Crippen LogP contribution in [0.2, 0.25) is 0 Å². The van der Waals surface area contributed by atoms with Crippen molar-refractivity contribution < 1.29 is 13.2 Å². The molecule has 0 aliphatic heterocycles. The van der Waals surface area contributed by atoms with Gasteiger partial charge in [-0.05, 0) is 17.8 Å². The number of nitrogens with zero attached hydrogens (tertiary/aromatic N) is 2. The Balaban J connectivity index is 2.47. The van der Waals surface area contributed by atoms with E-state index in [-0.39, 0.29) is 24.1 Å². The van der Waals surface area contributed by atoms with Crippen LogP contribution in [0, 0.1) is 0 Å². The first-order valence-electron chi connectivity index (χ1n) is 4.51. The quantitative estimate of drug-likeness (QED) is 0.892. The van der Waals surface area contributed by atoms with Crippen LogP contribution in [0.1, 0.15) is 0 Å². The summed E-state index contributed by atoms with van der Waals surface area (Å²) >= 11 is -0.0357. The van der Waals surface area contributed by atoms with Gasteiger partial charge < -0.3 is 10.6 Å². The topological polar surface area (TPSA) is 42.2 Å². The summed E-state index contributed by atoms with van der Waals surface area (Å²) in [4.78, 5) is 5.49. The number of halogens is 3. The molecule has 0 atom stereocenters. The second-order valence-corrected chi connectivity index (χ2v) is 4.31. The van der Waals surface area contributed by atoms with Gasteiger partial charge in [-0.2, -0.15) is 13.2 Å². The summed E-state index contributed by atoms with van der Waals surface area (Å²) in [6, 6.07) is 1.67. The highest BCUT2D eigenvalue weighted by Gasteiger charge is 2.27. The first kappa shape index (κ1) is 13.0. The normalized spacial score (nSPS) is 11.5. The molecule has 0 spiro atoms. The maximum atomic E-state index is 11.9. The first-order valence-corrected chi connectivity index (χ1v) is 5.50. The number of anilines is 2. The first-order chi connectivity index (χ1) is 7.40. The Hall–Kier alpha value is -1.11. The number of alkyl halides is 3. The minimum absolute atomic E-state index is 0.0260. The Kier molecular flexibility index (Phi) is 4.28. The van der Waals surface area contributed by atoms with E-state index in [2.05, 4.69) is 4.98 Å². The molecule has 1 aromatic heterocycles. The van der Waals surface area contributed by atoms with Crippen molar-refractivity contribution >= 4 is 23.1 Å². The summed E-state index contributed by atoms with van der Waals surface area (Å²) in [5.41, 5.74) is 2.62. The number of nitrogen functional groups attached to an aromatic ring is 1. The third kappa shape index (κ3) is 4.18. The van der Waals surface area contributed by atoms with E-state index < -0.39 is 5.51 Å². The van der Waals surface area contributed by atoms with E-state index in [4.69, 9.17) is 5.73 Å². The maximum absolute atomic E-state index is 11.9. The van der Waals surface area contributed by atoms with Crippen LogP contribution in [-0.2, 0) is 0 Å². The number of pyridine rings is 1. The zero-order chi connectivity index (χ0) is 12.2. The summed E-state index contributed by atoms with van der Waals surface area (Å²) in [6.45, 7) is 0.276. The predicted molar refractivity (Wildman–Crippen MR) is 60.4 cm³/mol. The zero-order valence-corrected chi connectivity index (χ0v) is 9.48. The summed E-state index contributed by atoms with van der Waals surface area (Å²) in [5.74, 6) is -0.0260. The molecule has 90 valence electrons. The van der Waals surface area contributed by atoms with Gasteiger partial charge >= 0.3 is 5.51 Å². The lowest BCUT2D eigenvalue weighted by Crippen LogP contribution is -2.22. The van der Waals surface area contributed by atoms with Crippen LogP contribution in [0.25, 0.3) is 0 Å². The average molecular weight is 251 g/mol. The Bertz CT molecular complexity index is 343. The fourth-order valence-electron chi connectivity index (χ4n) is 1.17. The highest BCUT2D eigenvalue weighted by atomic mass is 32.2. The average Bonchev–Trinajstić information content (AvgIpc) is 2.16. The number of nitrogens with two attached hydrogens (primary N) is 1. The molecule has 0 fully saturated rings. The highest BCUT2D eigenvalue weighted by Crippen LogP contribution is 2.30. The Morgan fingerprint density at radius 2 is 2.19 bits per heavy atom. The molecule has 1 rings (SSSR count). The van der Waals surface area contributed by atoms with E-state index in [9.17, 15) is 13.2 Å². The smallest absolute Gasteiger partial charge is 0.396 e. The van der Waals surface area contributed by atoms with E-state index >= 15 is 0 Å². The molecule has 7 heteroatoms. The maximum Gasteiger partial charge on any atom is 0.441 e. The van der Waals surface area contributed by atoms with Gasteiger partial charge in [0.15, 0.2) is 0 Å². The van der Waals surface area contributed by atoms with Crippen molar-refractivity contribution in [2.75, 3.05) is 30.0 Å². The molecule has 1 aromatic rings. The number of hydrogen-bond donors (Lipinski definition) is 1. The van der Waals surface area contributed by atoms with E-state index in [0.717, 1.165) is 0 Å². The van der Waals surface area contributed by atoms with Crippen LogP contribution < -0.4 is 10.6 Å². The molecule has 0 unspecified atom stereocenters. The summed E-state index contributed by atoms with van der Waals surface area (Å²) in [5, 5.41) is 0. The molecule has 0 saturated heterocycles. The minimum atomic E-state index is -4.18. The van der Waals surface area contributed by atoms with Crippen molar-refractivity contribution in [2.24, 2.45) is 0 Å². The van der Waals surface area contributed by atoms with Gasteiger partial charge in [0, 0.05) is 25.5 Å². The van der Waals surface area contributed by atoms with Crippen molar-refractivity contribution in [2.45, 2.75) is 5.51 Å². The fourth-order valence-corrected chi connectivity index (χ4v) is 1.76. The SMILES string of the molecule is CN(CCSC(F)(F)F)c1ccncc1N. The van der Waals surface area contributed by atoms with E-state index in [1.807, 2.05) is 0 Å². The second kappa shape index (κ2) is 5.29. The second-order valence-electron chi connectivity index (χ2n) is 3.15. The van der Waals surface area contributed by atoms with Crippen LogP contribution in [0.3, 0.4) is 0 Å². The van der Waals surface area contributed by atoms with Crippen molar-refractivity contribution in [3.05, 3.63) is 18.5 Å². The van der Waals surface area contributed by atoms with Gasteiger partial charge in [0.05, 0.1) is 17.6 Å². The van der Waals surface area contributed by atoms with Gasteiger partial charge in [0.2, 0.25) is 0 Å². The number of aromatic nitrogens is 1. The molecule has 0 aliphatic rings. The van der Waals surface area contributed by atoms with E-state index in [1.165, 1.54) is 6.20 Å². The molecular formula is C9H12F3N3S. The van der Waals surface area contributed by atoms with Crippen molar-refractivity contribution in [1.29, 1.82) is 0 Å². The largest absolute Gasteiger partial charge is 0.441 e. The van der Waals surface area contributed by atoms with Crippen molar-refractivity contribution in [3.63, 3.8) is 0 Å². The monoisotopic (exact) mass is 251 g/mol. The van der Waals surface area contributed by atoms with E-state index in [0.29, 0.717) is 11.4 Å². The van der Waals surface area contributed by atoms with Crippen molar-refractivity contribution in [3.8, 4) is 0 Å². The molecule has 0 radical (unpaired) electrons. The van der Waals surface area contributed by atoms with Crippen LogP contribution in [0.15, 0.2) is 18.5 Å². The molecular weight excluding hydrogens is 239 g/mol. The summed E-state index contributed by atoms with van der Waals surface area (Å²) in [7, 11) is 1.70. The molecule has 3 nitrogen and oxygen atoms in total. The van der Waals surface area contributed by atoms with Gasteiger partial charge in [-0.15, -0.1) is 0 Å². The predicted octanol–water partition coefficient (Wildman–Crippen LogP) is 2.35. The lowest BCUT2D eigenvalue weighted by molar-refractivity contribution is -0.0327. The van der Waals surface area contributed by atoms with Gasteiger partial charge in [0.1, 0.15) is 0 Å².